The van der Waals surface area contributed by atoms with Gasteiger partial charge in [0.05, 0.1) is 17.7 Å². The van der Waals surface area contributed by atoms with E-state index in [0.29, 0.717) is 33.3 Å². The van der Waals surface area contributed by atoms with Crippen LogP contribution in [0.15, 0.2) is 46.9 Å². The molecule has 0 aliphatic carbocycles. The van der Waals surface area contributed by atoms with Crippen molar-refractivity contribution in [3.63, 3.8) is 0 Å². The third kappa shape index (κ3) is 3.62. The molecule has 0 amide bonds. The number of esters is 2. The lowest BCUT2D eigenvalue weighted by molar-refractivity contribution is 0.0527. The first-order chi connectivity index (χ1) is 13.0. The molecule has 0 radical (unpaired) electrons. The summed E-state index contributed by atoms with van der Waals surface area (Å²) in [5, 5.41) is 0.713. The lowest BCUT2D eigenvalue weighted by Gasteiger charge is -2.07. The maximum Gasteiger partial charge on any atom is 0.344 e. The number of fused-ring (bicyclic) bond motifs is 1. The van der Waals surface area contributed by atoms with Gasteiger partial charge in [0.1, 0.15) is 5.75 Å². The Hall–Kier alpha value is -2.60. The number of halogens is 1. The van der Waals surface area contributed by atoms with Crippen LogP contribution in [0.2, 0.25) is 0 Å². The fourth-order valence-corrected chi connectivity index (χ4v) is 3.63. The van der Waals surface area contributed by atoms with Crippen LogP contribution in [-0.2, 0) is 11.3 Å². The molecular formula is C21H20BrNO4. The number of nitrogens with zero attached hydrogens (tertiary/aromatic N) is 1. The molecule has 3 aromatic rings. The van der Waals surface area contributed by atoms with E-state index in [1.165, 1.54) is 0 Å². The topological polar surface area (TPSA) is 57.5 Å². The lowest BCUT2D eigenvalue weighted by Crippen LogP contribution is -2.09. The highest BCUT2D eigenvalue weighted by Crippen LogP contribution is 2.30. The zero-order valence-electron chi connectivity index (χ0n) is 15.4. The van der Waals surface area contributed by atoms with Crippen LogP contribution < -0.4 is 4.74 Å². The smallest absolute Gasteiger partial charge is 0.344 e. The van der Waals surface area contributed by atoms with Crippen molar-refractivity contribution in [1.29, 1.82) is 0 Å². The predicted molar refractivity (Wildman–Crippen MR) is 107 cm³/mol. The Bertz CT molecular complexity index is 1020. The first-order valence-electron chi connectivity index (χ1n) is 8.74. The monoisotopic (exact) mass is 429 g/mol. The van der Waals surface area contributed by atoms with E-state index in [2.05, 4.69) is 15.9 Å². The highest BCUT2D eigenvalue weighted by molar-refractivity contribution is 9.10. The van der Waals surface area contributed by atoms with Gasteiger partial charge in [-0.3, -0.25) is 0 Å². The Morgan fingerprint density at radius 2 is 1.81 bits per heavy atom. The van der Waals surface area contributed by atoms with Crippen LogP contribution in [0.25, 0.3) is 10.9 Å². The minimum atomic E-state index is -0.467. The number of hydrogen-bond donors (Lipinski definition) is 0. The van der Waals surface area contributed by atoms with E-state index in [1.807, 2.05) is 30.5 Å². The van der Waals surface area contributed by atoms with Crippen molar-refractivity contribution < 1.29 is 19.1 Å². The van der Waals surface area contributed by atoms with Crippen LogP contribution in [0, 0.1) is 6.92 Å². The molecule has 5 nitrogen and oxygen atoms in total. The molecular weight excluding hydrogens is 410 g/mol. The zero-order valence-corrected chi connectivity index (χ0v) is 17.0. The summed E-state index contributed by atoms with van der Waals surface area (Å²) >= 11 is 3.35. The Labute approximate surface area is 166 Å². The van der Waals surface area contributed by atoms with E-state index in [-0.39, 0.29) is 5.97 Å². The van der Waals surface area contributed by atoms with Gasteiger partial charge in [0.2, 0.25) is 0 Å². The maximum absolute atomic E-state index is 12.5. The van der Waals surface area contributed by atoms with E-state index >= 15 is 0 Å². The predicted octanol–water partition coefficient (Wildman–Crippen LogP) is 5.13. The number of aryl methyl sites for hydroxylation is 1. The Morgan fingerprint density at radius 3 is 2.48 bits per heavy atom. The fraction of sp³-hybridized carbons (Fsp3) is 0.238. The molecule has 0 spiro atoms. The fourth-order valence-electron chi connectivity index (χ4n) is 3.18. The second-order valence-corrected chi connectivity index (χ2v) is 6.83. The average Bonchev–Trinajstić information content (AvgIpc) is 2.92. The van der Waals surface area contributed by atoms with E-state index in [1.54, 1.807) is 37.3 Å². The van der Waals surface area contributed by atoms with Gasteiger partial charge in [-0.15, -0.1) is 0 Å². The molecule has 0 saturated carbocycles. The SMILES string of the molecule is CCOC(=O)c1c(C)n(CC)c2ccc(OC(=O)c3ccccc3Br)cc12. The first-order valence-corrected chi connectivity index (χ1v) is 9.53. The number of aromatic nitrogens is 1. The van der Waals surface area contributed by atoms with Gasteiger partial charge < -0.3 is 14.0 Å². The molecule has 27 heavy (non-hydrogen) atoms. The van der Waals surface area contributed by atoms with Crippen molar-refractivity contribution in [2.24, 2.45) is 0 Å². The van der Waals surface area contributed by atoms with Crippen LogP contribution in [0.4, 0.5) is 0 Å². The van der Waals surface area contributed by atoms with Crippen molar-refractivity contribution in [3.8, 4) is 5.75 Å². The van der Waals surface area contributed by atoms with Gasteiger partial charge >= 0.3 is 11.9 Å². The van der Waals surface area contributed by atoms with E-state index in [9.17, 15) is 9.59 Å². The minimum absolute atomic E-state index is 0.299. The molecule has 0 atom stereocenters. The summed E-state index contributed by atoms with van der Waals surface area (Å²) in [4.78, 5) is 24.9. The molecule has 0 N–H and O–H groups in total. The Kier molecular flexibility index (Phi) is 5.65. The van der Waals surface area contributed by atoms with Gasteiger partial charge in [0, 0.05) is 27.6 Å². The summed E-state index contributed by atoms with van der Waals surface area (Å²) in [6.45, 7) is 6.70. The average molecular weight is 430 g/mol. The molecule has 0 saturated heterocycles. The highest BCUT2D eigenvalue weighted by Gasteiger charge is 2.21. The van der Waals surface area contributed by atoms with Crippen LogP contribution in [0.5, 0.6) is 5.75 Å². The Balaban J connectivity index is 2.04. The van der Waals surface area contributed by atoms with Crippen LogP contribution in [0.1, 0.15) is 40.3 Å². The van der Waals surface area contributed by atoms with Crippen LogP contribution in [-0.4, -0.2) is 23.1 Å². The van der Waals surface area contributed by atoms with Crippen LogP contribution in [0.3, 0.4) is 0 Å². The third-order valence-corrected chi connectivity index (χ3v) is 5.09. The molecule has 0 unspecified atom stereocenters. The van der Waals surface area contributed by atoms with Crippen molar-refractivity contribution >= 4 is 38.8 Å². The lowest BCUT2D eigenvalue weighted by atomic mass is 10.1. The summed E-state index contributed by atoms with van der Waals surface area (Å²) in [5.74, 6) is -0.463. The zero-order chi connectivity index (χ0) is 19.6. The Morgan fingerprint density at radius 1 is 1.07 bits per heavy atom. The number of hydrogen-bond acceptors (Lipinski definition) is 4. The summed E-state index contributed by atoms with van der Waals surface area (Å²) in [7, 11) is 0. The van der Waals surface area contributed by atoms with E-state index < -0.39 is 5.97 Å². The van der Waals surface area contributed by atoms with Crippen LogP contribution >= 0.6 is 15.9 Å². The van der Waals surface area contributed by atoms with E-state index in [0.717, 1.165) is 17.8 Å². The number of rotatable bonds is 5. The molecule has 6 heteroatoms. The van der Waals surface area contributed by atoms with E-state index in [4.69, 9.17) is 9.47 Å². The molecule has 3 rings (SSSR count). The third-order valence-electron chi connectivity index (χ3n) is 4.39. The highest BCUT2D eigenvalue weighted by atomic mass is 79.9. The summed E-state index contributed by atoms with van der Waals surface area (Å²) in [5.41, 5.74) is 2.68. The molecule has 0 fully saturated rings. The largest absolute Gasteiger partial charge is 0.462 e. The van der Waals surface area contributed by atoms with Gasteiger partial charge in [-0.2, -0.15) is 0 Å². The number of carbonyl (C=O) groups excluding carboxylic acids is 2. The normalized spacial score (nSPS) is 10.8. The molecule has 1 aromatic heterocycles. The van der Waals surface area contributed by atoms with Gasteiger partial charge in [-0.25, -0.2) is 9.59 Å². The maximum atomic E-state index is 12.5. The van der Waals surface area contributed by atoms with Gasteiger partial charge in [0.25, 0.3) is 0 Å². The molecule has 0 aliphatic heterocycles. The summed E-state index contributed by atoms with van der Waals surface area (Å²) < 4.78 is 13.5. The van der Waals surface area contributed by atoms with Crippen molar-refractivity contribution in [1.82, 2.24) is 4.57 Å². The van der Waals surface area contributed by atoms with Gasteiger partial charge in [-0.1, -0.05) is 12.1 Å². The molecule has 2 aromatic carbocycles. The van der Waals surface area contributed by atoms with Crippen molar-refractivity contribution in [2.45, 2.75) is 27.3 Å². The molecule has 0 aliphatic rings. The molecule has 140 valence electrons. The quantitative estimate of drug-likeness (QED) is 0.416. The number of ether oxygens (including phenoxy) is 2. The number of carbonyl (C=O) groups is 2. The second kappa shape index (κ2) is 7.96. The molecule has 1 heterocycles. The summed E-state index contributed by atoms with van der Waals surface area (Å²) in [6.07, 6.45) is 0. The standard InChI is InChI=1S/C21H20BrNO4/c1-4-23-13(3)19(21(25)26-5-2)16-12-14(10-11-18(16)23)27-20(24)15-8-6-7-9-17(15)22/h6-12H,4-5H2,1-3H3. The first kappa shape index (κ1) is 19.2. The number of benzene rings is 2. The summed E-state index contributed by atoms with van der Waals surface area (Å²) in [6, 6.07) is 12.4. The minimum Gasteiger partial charge on any atom is -0.462 e. The molecule has 0 bridgehead atoms. The van der Waals surface area contributed by atoms with Gasteiger partial charge in [0.15, 0.2) is 0 Å². The van der Waals surface area contributed by atoms with Gasteiger partial charge in [-0.05, 0) is 67.0 Å². The second-order valence-electron chi connectivity index (χ2n) is 5.97. The van der Waals surface area contributed by atoms with Crippen molar-refractivity contribution in [2.75, 3.05) is 6.61 Å². The van der Waals surface area contributed by atoms with Crippen molar-refractivity contribution in [3.05, 3.63) is 63.8 Å².